The van der Waals surface area contributed by atoms with Gasteiger partial charge in [-0.2, -0.15) is 4.39 Å². The van der Waals surface area contributed by atoms with Crippen LogP contribution in [0.2, 0.25) is 0 Å². The molecule has 172 valence electrons. The number of hydrogen-bond acceptors (Lipinski definition) is 8. The molecule has 5 rings (SSSR count). The van der Waals surface area contributed by atoms with Gasteiger partial charge >= 0.3 is 0 Å². The second-order valence-corrected chi connectivity index (χ2v) is 9.09. The fraction of sp³-hybridized carbons (Fsp3) is 0.208. The summed E-state index contributed by atoms with van der Waals surface area (Å²) < 4.78 is 16.9. The molecule has 0 amide bonds. The average Bonchev–Trinajstić information content (AvgIpc) is 3.49. The van der Waals surface area contributed by atoms with Crippen molar-refractivity contribution in [2.24, 2.45) is 5.73 Å². The van der Waals surface area contributed by atoms with Gasteiger partial charge in [-0.15, -0.1) is 16.4 Å². The van der Waals surface area contributed by atoms with Crippen LogP contribution in [-0.4, -0.2) is 36.5 Å². The van der Waals surface area contributed by atoms with Crippen molar-refractivity contribution < 1.29 is 4.39 Å². The molecule has 0 aliphatic heterocycles. The van der Waals surface area contributed by atoms with Gasteiger partial charge in [0.25, 0.3) is 0 Å². The second kappa shape index (κ2) is 9.24. The van der Waals surface area contributed by atoms with E-state index in [0.29, 0.717) is 19.0 Å². The van der Waals surface area contributed by atoms with Gasteiger partial charge in [-0.1, -0.05) is 23.4 Å². The number of hydrogen-bond donors (Lipinski definition) is 2. The third kappa shape index (κ3) is 4.37. The van der Waals surface area contributed by atoms with Crippen LogP contribution in [0.1, 0.15) is 24.1 Å². The van der Waals surface area contributed by atoms with Gasteiger partial charge in [0.15, 0.2) is 0 Å². The average molecular weight is 475 g/mol. The van der Waals surface area contributed by atoms with Crippen LogP contribution in [0, 0.1) is 12.9 Å². The van der Waals surface area contributed by atoms with Crippen molar-refractivity contribution in [1.29, 1.82) is 0 Å². The van der Waals surface area contributed by atoms with E-state index >= 15 is 0 Å². The Balaban J connectivity index is 1.51. The van der Waals surface area contributed by atoms with Gasteiger partial charge < -0.3 is 11.1 Å². The smallest absolute Gasteiger partial charge is 0.223 e. The molecule has 0 aliphatic rings. The van der Waals surface area contributed by atoms with Gasteiger partial charge in [0, 0.05) is 47.5 Å². The van der Waals surface area contributed by atoms with Crippen molar-refractivity contribution in [2.75, 3.05) is 11.9 Å². The minimum absolute atomic E-state index is 0.270. The van der Waals surface area contributed by atoms with E-state index in [1.165, 1.54) is 12.3 Å². The van der Waals surface area contributed by atoms with Crippen molar-refractivity contribution in [3.05, 3.63) is 72.2 Å². The SMILES string of the molecule is Cc1cnc(NCCn2ccnn2)nc1-c1cc2cccc(-c3cc(F)ncc3[C@H](C)N)c2s1. The minimum Gasteiger partial charge on any atom is -0.352 e. The molecule has 1 aromatic carbocycles. The molecule has 0 saturated heterocycles. The number of anilines is 1. The number of benzene rings is 1. The maximum atomic E-state index is 14.1. The van der Waals surface area contributed by atoms with Crippen molar-refractivity contribution >= 4 is 27.4 Å². The van der Waals surface area contributed by atoms with Crippen molar-refractivity contribution in [3.63, 3.8) is 0 Å². The Bertz CT molecular complexity index is 1450. The van der Waals surface area contributed by atoms with E-state index in [1.54, 1.807) is 22.2 Å². The highest BCUT2D eigenvalue weighted by atomic mass is 32.1. The molecule has 0 saturated carbocycles. The Labute approximate surface area is 199 Å². The van der Waals surface area contributed by atoms with Crippen molar-refractivity contribution in [3.8, 4) is 21.7 Å². The number of pyridine rings is 1. The van der Waals surface area contributed by atoms with Crippen LogP contribution in [0.25, 0.3) is 31.8 Å². The zero-order chi connectivity index (χ0) is 23.7. The van der Waals surface area contributed by atoms with Gasteiger partial charge in [0.1, 0.15) is 0 Å². The highest BCUT2D eigenvalue weighted by Gasteiger charge is 2.17. The normalized spacial score (nSPS) is 12.2. The molecular formula is C24H23FN8S. The summed E-state index contributed by atoms with van der Waals surface area (Å²) in [6, 6.07) is 9.32. The Hall–Kier alpha value is -3.76. The standard InChI is InChI=1S/C24H23FN8S/c1-14-12-29-24(27-6-8-33-9-7-30-32-33)31-22(14)20-10-16-4-3-5-17(23(16)34-20)18-11-21(25)28-13-19(18)15(2)26/h3-5,7,9-13,15H,6,8,26H2,1-2H3,(H,27,29,31)/t15-/m0/s1. The van der Waals surface area contributed by atoms with Crippen molar-refractivity contribution in [2.45, 2.75) is 26.4 Å². The maximum Gasteiger partial charge on any atom is 0.223 e. The van der Waals surface area contributed by atoms with E-state index in [9.17, 15) is 4.39 Å². The molecule has 1 atom stereocenters. The molecule has 0 aliphatic carbocycles. The summed E-state index contributed by atoms with van der Waals surface area (Å²) in [6.07, 6.45) is 6.80. The van der Waals surface area contributed by atoms with E-state index in [2.05, 4.69) is 37.7 Å². The number of rotatable bonds is 7. The van der Waals surface area contributed by atoms with Gasteiger partial charge in [0.05, 0.1) is 23.3 Å². The lowest BCUT2D eigenvalue weighted by molar-refractivity contribution is 0.581. The molecular weight excluding hydrogens is 451 g/mol. The van der Waals surface area contributed by atoms with Crippen LogP contribution in [0.4, 0.5) is 10.3 Å². The molecule has 5 aromatic rings. The minimum atomic E-state index is -0.526. The largest absolute Gasteiger partial charge is 0.352 e. The lowest BCUT2D eigenvalue weighted by atomic mass is 9.97. The molecule has 0 radical (unpaired) electrons. The first kappa shape index (κ1) is 22.1. The second-order valence-electron chi connectivity index (χ2n) is 8.04. The van der Waals surface area contributed by atoms with E-state index < -0.39 is 5.95 Å². The van der Waals surface area contributed by atoms with E-state index in [1.807, 2.05) is 38.4 Å². The summed E-state index contributed by atoms with van der Waals surface area (Å²) in [7, 11) is 0. The molecule has 0 bridgehead atoms. The molecule has 0 unspecified atom stereocenters. The Kier molecular flexibility index (Phi) is 5.99. The third-order valence-electron chi connectivity index (χ3n) is 5.53. The first-order valence-corrected chi connectivity index (χ1v) is 11.7. The fourth-order valence-corrected chi connectivity index (χ4v) is 5.08. The molecule has 34 heavy (non-hydrogen) atoms. The Morgan fingerprint density at radius 2 is 2.06 bits per heavy atom. The van der Waals surface area contributed by atoms with Crippen LogP contribution in [-0.2, 0) is 6.54 Å². The van der Waals surface area contributed by atoms with Gasteiger partial charge in [-0.25, -0.2) is 15.0 Å². The van der Waals surface area contributed by atoms with Crippen LogP contribution in [0.5, 0.6) is 0 Å². The molecule has 0 fully saturated rings. The summed E-state index contributed by atoms with van der Waals surface area (Å²) in [5, 5.41) is 12.1. The Morgan fingerprint density at radius 1 is 1.18 bits per heavy atom. The van der Waals surface area contributed by atoms with Crippen LogP contribution in [0.3, 0.4) is 0 Å². The van der Waals surface area contributed by atoms with Crippen molar-refractivity contribution in [1.82, 2.24) is 29.9 Å². The topological polar surface area (TPSA) is 107 Å². The molecule has 3 N–H and O–H groups in total. The van der Waals surface area contributed by atoms with Gasteiger partial charge in [-0.3, -0.25) is 4.68 Å². The van der Waals surface area contributed by atoms with Crippen LogP contribution >= 0.6 is 11.3 Å². The number of aromatic nitrogens is 6. The van der Waals surface area contributed by atoms with Crippen LogP contribution < -0.4 is 11.1 Å². The van der Waals surface area contributed by atoms with Crippen LogP contribution in [0.15, 0.2) is 55.1 Å². The number of aryl methyl sites for hydroxylation is 1. The zero-order valence-electron chi connectivity index (χ0n) is 18.7. The number of nitrogens with two attached hydrogens (primary N) is 1. The Morgan fingerprint density at radius 3 is 2.85 bits per heavy atom. The number of halogens is 1. The quantitative estimate of drug-likeness (QED) is 0.332. The summed E-state index contributed by atoms with van der Waals surface area (Å²) in [4.78, 5) is 14.0. The molecule has 4 heterocycles. The number of nitrogens with zero attached hydrogens (tertiary/aromatic N) is 6. The first-order valence-electron chi connectivity index (χ1n) is 10.9. The molecule has 10 heteroatoms. The highest BCUT2D eigenvalue weighted by Crippen LogP contribution is 2.41. The lowest BCUT2D eigenvalue weighted by Crippen LogP contribution is -2.13. The van der Waals surface area contributed by atoms with E-state index in [0.717, 1.165) is 42.9 Å². The summed E-state index contributed by atoms with van der Waals surface area (Å²) in [6.45, 7) is 5.14. The molecule has 0 spiro atoms. The van der Waals surface area contributed by atoms with E-state index in [4.69, 9.17) is 10.7 Å². The van der Waals surface area contributed by atoms with Gasteiger partial charge in [0.2, 0.25) is 11.9 Å². The molecule has 4 aromatic heterocycles. The number of thiophene rings is 1. The number of nitrogens with one attached hydrogen (secondary N) is 1. The van der Waals surface area contributed by atoms with E-state index in [-0.39, 0.29) is 6.04 Å². The summed E-state index contributed by atoms with van der Waals surface area (Å²) in [5.74, 6) is 0.0234. The summed E-state index contributed by atoms with van der Waals surface area (Å²) >= 11 is 1.62. The third-order valence-corrected chi connectivity index (χ3v) is 6.72. The van der Waals surface area contributed by atoms with Gasteiger partial charge in [-0.05, 0) is 42.0 Å². The fourth-order valence-electron chi connectivity index (χ4n) is 3.84. The monoisotopic (exact) mass is 474 g/mol. The molecule has 8 nitrogen and oxygen atoms in total. The summed E-state index contributed by atoms with van der Waals surface area (Å²) in [5.41, 5.74) is 10.5. The predicted octanol–water partition coefficient (Wildman–Crippen LogP) is 4.59. The predicted molar refractivity (Wildman–Crippen MR) is 132 cm³/mol. The highest BCUT2D eigenvalue weighted by molar-refractivity contribution is 7.22. The first-order chi connectivity index (χ1) is 16.5. The number of fused-ring (bicyclic) bond motifs is 1. The maximum absolute atomic E-state index is 14.1. The lowest BCUT2D eigenvalue weighted by Gasteiger charge is -2.13. The zero-order valence-corrected chi connectivity index (χ0v) is 19.6.